The van der Waals surface area contributed by atoms with Crippen LogP contribution in [0.2, 0.25) is 0 Å². The lowest BCUT2D eigenvalue weighted by molar-refractivity contribution is -0.127. The molecule has 114 valence electrons. The van der Waals surface area contributed by atoms with Gasteiger partial charge in [0.1, 0.15) is 0 Å². The second kappa shape index (κ2) is 5.88. The van der Waals surface area contributed by atoms with Gasteiger partial charge in [0.05, 0.1) is 5.92 Å². The number of rotatable bonds is 4. The molecule has 1 N–H and O–H groups in total. The van der Waals surface area contributed by atoms with E-state index in [0.29, 0.717) is 13.0 Å². The smallest absolute Gasteiger partial charge is 0.227 e. The first-order valence-corrected chi connectivity index (χ1v) is 7.51. The Labute approximate surface area is 126 Å². The number of benzene rings is 1. The van der Waals surface area contributed by atoms with E-state index < -0.39 is 0 Å². The van der Waals surface area contributed by atoms with Gasteiger partial charge in [0.2, 0.25) is 11.8 Å². The van der Waals surface area contributed by atoms with Crippen molar-refractivity contribution in [2.45, 2.75) is 46.1 Å². The van der Waals surface area contributed by atoms with Crippen LogP contribution in [0, 0.1) is 12.8 Å². The van der Waals surface area contributed by atoms with Crippen molar-refractivity contribution < 1.29 is 9.59 Å². The van der Waals surface area contributed by atoms with Crippen LogP contribution in [-0.2, 0) is 9.59 Å². The summed E-state index contributed by atoms with van der Waals surface area (Å²) in [5.74, 6) is -0.260. The fourth-order valence-electron chi connectivity index (χ4n) is 2.45. The predicted octanol–water partition coefficient (Wildman–Crippen LogP) is 2.65. The van der Waals surface area contributed by atoms with Gasteiger partial charge in [0.25, 0.3) is 0 Å². The summed E-state index contributed by atoms with van der Waals surface area (Å²) in [6, 6.07) is 7.83. The molecule has 4 heteroatoms. The molecule has 1 aromatic rings. The topological polar surface area (TPSA) is 49.4 Å². The fraction of sp³-hybridized carbons (Fsp3) is 0.529. The number of hydrogen-bond donors (Lipinski definition) is 1. The Hall–Kier alpha value is -1.84. The standard InChI is InChI=1S/C17H24N2O2/c1-5-17(3,4)18-16(21)13-10-15(20)19(11-13)14-8-6-7-12(2)9-14/h6-9,13H,5,10-11H2,1-4H3,(H,18,21). The Kier molecular flexibility index (Phi) is 4.35. The number of amides is 2. The van der Waals surface area contributed by atoms with Crippen molar-refractivity contribution in [1.29, 1.82) is 0 Å². The highest BCUT2D eigenvalue weighted by Crippen LogP contribution is 2.26. The van der Waals surface area contributed by atoms with Crippen LogP contribution in [0.3, 0.4) is 0 Å². The molecule has 0 aliphatic carbocycles. The molecule has 0 aromatic heterocycles. The first kappa shape index (κ1) is 15.5. The summed E-state index contributed by atoms with van der Waals surface area (Å²) >= 11 is 0. The van der Waals surface area contributed by atoms with Crippen LogP contribution < -0.4 is 10.2 Å². The minimum absolute atomic E-state index is 0.0228. The molecule has 1 fully saturated rings. The number of nitrogens with one attached hydrogen (secondary N) is 1. The Morgan fingerprint density at radius 3 is 2.76 bits per heavy atom. The second-order valence-corrected chi connectivity index (χ2v) is 6.47. The highest BCUT2D eigenvalue weighted by Gasteiger charge is 2.36. The van der Waals surface area contributed by atoms with Crippen LogP contribution in [-0.4, -0.2) is 23.9 Å². The molecule has 1 aliphatic heterocycles. The maximum Gasteiger partial charge on any atom is 0.227 e. The lowest BCUT2D eigenvalue weighted by Gasteiger charge is -2.26. The Morgan fingerprint density at radius 1 is 1.43 bits per heavy atom. The molecule has 21 heavy (non-hydrogen) atoms. The number of anilines is 1. The molecule has 0 saturated carbocycles. The van der Waals surface area contributed by atoms with Crippen LogP contribution in [0.5, 0.6) is 0 Å². The van der Waals surface area contributed by atoms with E-state index in [-0.39, 0.29) is 23.3 Å². The summed E-state index contributed by atoms with van der Waals surface area (Å²) in [6.07, 6.45) is 1.15. The second-order valence-electron chi connectivity index (χ2n) is 6.47. The summed E-state index contributed by atoms with van der Waals surface area (Å²) in [7, 11) is 0. The molecule has 0 radical (unpaired) electrons. The maximum atomic E-state index is 12.3. The summed E-state index contributed by atoms with van der Waals surface area (Å²) < 4.78 is 0. The van der Waals surface area contributed by atoms with E-state index in [1.807, 2.05) is 52.0 Å². The van der Waals surface area contributed by atoms with Crippen molar-refractivity contribution in [3.05, 3.63) is 29.8 Å². The minimum Gasteiger partial charge on any atom is -0.351 e. The van der Waals surface area contributed by atoms with E-state index in [9.17, 15) is 9.59 Å². The molecular formula is C17H24N2O2. The Bertz CT molecular complexity index is 551. The normalized spacial score (nSPS) is 19.0. The van der Waals surface area contributed by atoms with E-state index in [0.717, 1.165) is 17.7 Å². The first-order valence-electron chi connectivity index (χ1n) is 7.51. The zero-order valence-electron chi connectivity index (χ0n) is 13.3. The molecule has 2 amide bonds. The summed E-state index contributed by atoms with van der Waals surface area (Å²) in [5, 5.41) is 3.03. The molecule has 2 rings (SSSR count). The monoisotopic (exact) mass is 288 g/mol. The van der Waals surface area contributed by atoms with Crippen molar-refractivity contribution in [1.82, 2.24) is 5.32 Å². The summed E-state index contributed by atoms with van der Waals surface area (Å²) in [4.78, 5) is 26.2. The van der Waals surface area contributed by atoms with Gasteiger partial charge >= 0.3 is 0 Å². The van der Waals surface area contributed by atoms with Crippen molar-refractivity contribution in [3.63, 3.8) is 0 Å². The number of nitrogens with zero attached hydrogens (tertiary/aromatic N) is 1. The van der Waals surface area contributed by atoms with Crippen LogP contribution in [0.25, 0.3) is 0 Å². The third kappa shape index (κ3) is 3.63. The highest BCUT2D eigenvalue weighted by molar-refractivity contribution is 6.00. The van der Waals surface area contributed by atoms with Crippen LogP contribution in [0.4, 0.5) is 5.69 Å². The van der Waals surface area contributed by atoms with Gasteiger partial charge in [-0.25, -0.2) is 0 Å². The van der Waals surface area contributed by atoms with Crippen molar-refractivity contribution in [2.75, 3.05) is 11.4 Å². The number of carbonyl (C=O) groups is 2. The number of hydrogen-bond acceptors (Lipinski definition) is 2. The molecule has 1 aliphatic rings. The van der Waals surface area contributed by atoms with E-state index in [1.54, 1.807) is 4.90 Å². The van der Waals surface area contributed by atoms with Crippen LogP contribution >= 0.6 is 0 Å². The van der Waals surface area contributed by atoms with Gasteiger partial charge < -0.3 is 10.2 Å². The van der Waals surface area contributed by atoms with E-state index in [4.69, 9.17) is 0 Å². The molecular weight excluding hydrogens is 264 g/mol. The van der Waals surface area contributed by atoms with Crippen molar-refractivity contribution >= 4 is 17.5 Å². The largest absolute Gasteiger partial charge is 0.351 e. The quantitative estimate of drug-likeness (QED) is 0.926. The van der Waals surface area contributed by atoms with Crippen molar-refractivity contribution in [3.8, 4) is 0 Å². The third-order valence-electron chi connectivity index (χ3n) is 4.15. The molecule has 4 nitrogen and oxygen atoms in total. The van der Waals surface area contributed by atoms with Gasteiger partial charge in [-0.1, -0.05) is 19.1 Å². The first-order chi connectivity index (χ1) is 9.82. The molecule has 0 spiro atoms. The molecule has 1 atom stereocenters. The number of carbonyl (C=O) groups excluding carboxylic acids is 2. The SMILES string of the molecule is CCC(C)(C)NC(=O)C1CC(=O)N(c2cccc(C)c2)C1. The van der Waals surface area contributed by atoms with E-state index in [1.165, 1.54) is 0 Å². The van der Waals surface area contributed by atoms with Crippen molar-refractivity contribution in [2.24, 2.45) is 5.92 Å². The van der Waals surface area contributed by atoms with Crippen LogP contribution in [0.1, 0.15) is 39.2 Å². The summed E-state index contributed by atoms with van der Waals surface area (Å²) in [6.45, 7) is 8.51. The Balaban J connectivity index is 2.08. The molecule has 1 saturated heterocycles. The van der Waals surface area contributed by atoms with Gasteiger partial charge in [0.15, 0.2) is 0 Å². The maximum absolute atomic E-state index is 12.3. The Morgan fingerprint density at radius 2 is 2.14 bits per heavy atom. The lowest BCUT2D eigenvalue weighted by atomic mass is 9.99. The van der Waals surface area contributed by atoms with E-state index >= 15 is 0 Å². The average molecular weight is 288 g/mol. The average Bonchev–Trinajstić information content (AvgIpc) is 2.80. The van der Waals surface area contributed by atoms with Crippen LogP contribution in [0.15, 0.2) is 24.3 Å². The molecule has 1 heterocycles. The predicted molar refractivity (Wildman–Crippen MR) is 84.2 cm³/mol. The fourth-order valence-corrected chi connectivity index (χ4v) is 2.45. The van der Waals surface area contributed by atoms with Gasteiger partial charge in [-0.3, -0.25) is 9.59 Å². The minimum atomic E-state index is -0.260. The zero-order valence-corrected chi connectivity index (χ0v) is 13.3. The van der Waals surface area contributed by atoms with Gasteiger partial charge in [-0.05, 0) is 44.9 Å². The van der Waals surface area contributed by atoms with Gasteiger partial charge in [0, 0.05) is 24.2 Å². The molecule has 1 aromatic carbocycles. The highest BCUT2D eigenvalue weighted by atomic mass is 16.2. The number of aryl methyl sites for hydroxylation is 1. The zero-order chi connectivity index (χ0) is 15.6. The third-order valence-corrected chi connectivity index (χ3v) is 4.15. The van der Waals surface area contributed by atoms with E-state index in [2.05, 4.69) is 5.32 Å². The lowest BCUT2D eigenvalue weighted by Crippen LogP contribution is -2.46. The summed E-state index contributed by atoms with van der Waals surface area (Å²) in [5.41, 5.74) is 1.77. The van der Waals surface area contributed by atoms with Gasteiger partial charge in [-0.15, -0.1) is 0 Å². The van der Waals surface area contributed by atoms with Gasteiger partial charge in [-0.2, -0.15) is 0 Å². The molecule has 1 unspecified atom stereocenters. The molecule has 0 bridgehead atoms.